The SMILES string of the molecule is CCc1ccc(S(=O)(=O)Nc2ncn(-c3ccccn3)n2)cc1. The minimum atomic E-state index is -3.72. The Bertz CT molecular complexity index is 889. The Morgan fingerprint density at radius 3 is 2.52 bits per heavy atom. The zero-order valence-electron chi connectivity index (χ0n) is 12.4. The Morgan fingerprint density at radius 1 is 1.09 bits per heavy atom. The molecule has 23 heavy (non-hydrogen) atoms. The minimum Gasteiger partial charge on any atom is -0.246 e. The average molecular weight is 329 g/mol. The van der Waals surface area contributed by atoms with Gasteiger partial charge in [0.1, 0.15) is 6.33 Å². The number of sulfonamides is 1. The maximum atomic E-state index is 12.3. The lowest BCUT2D eigenvalue weighted by atomic mass is 10.2. The lowest BCUT2D eigenvalue weighted by Crippen LogP contribution is -2.14. The van der Waals surface area contributed by atoms with Gasteiger partial charge in [0.2, 0.25) is 0 Å². The van der Waals surface area contributed by atoms with E-state index in [2.05, 4.69) is 19.8 Å². The van der Waals surface area contributed by atoms with Crippen LogP contribution in [0.3, 0.4) is 0 Å². The summed E-state index contributed by atoms with van der Waals surface area (Å²) in [4.78, 5) is 8.25. The third-order valence-corrected chi connectivity index (χ3v) is 4.59. The number of nitrogens with one attached hydrogen (secondary N) is 1. The molecule has 0 bridgehead atoms. The monoisotopic (exact) mass is 329 g/mol. The van der Waals surface area contributed by atoms with Crippen molar-refractivity contribution in [1.82, 2.24) is 19.7 Å². The van der Waals surface area contributed by atoms with Crippen molar-refractivity contribution in [3.05, 3.63) is 60.6 Å². The van der Waals surface area contributed by atoms with Crippen LogP contribution in [0.5, 0.6) is 0 Å². The highest BCUT2D eigenvalue weighted by molar-refractivity contribution is 7.92. The lowest BCUT2D eigenvalue weighted by molar-refractivity contribution is 0.600. The fraction of sp³-hybridized carbons (Fsp3) is 0.133. The van der Waals surface area contributed by atoms with Crippen LogP contribution in [-0.2, 0) is 16.4 Å². The van der Waals surface area contributed by atoms with Crippen LogP contribution in [0, 0.1) is 0 Å². The highest BCUT2D eigenvalue weighted by Crippen LogP contribution is 2.14. The van der Waals surface area contributed by atoms with E-state index in [9.17, 15) is 8.42 Å². The molecule has 0 unspecified atom stereocenters. The molecule has 0 aliphatic heterocycles. The van der Waals surface area contributed by atoms with Crippen molar-refractivity contribution in [2.75, 3.05) is 4.72 Å². The second-order valence-electron chi connectivity index (χ2n) is 4.80. The molecule has 0 fully saturated rings. The first-order valence-electron chi connectivity index (χ1n) is 7.03. The lowest BCUT2D eigenvalue weighted by Gasteiger charge is -2.05. The van der Waals surface area contributed by atoms with E-state index in [1.54, 1.807) is 42.6 Å². The highest BCUT2D eigenvalue weighted by atomic mass is 32.2. The summed E-state index contributed by atoms with van der Waals surface area (Å²) in [5.74, 6) is 0.549. The summed E-state index contributed by atoms with van der Waals surface area (Å²) in [5, 5.41) is 4.08. The summed E-state index contributed by atoms with van der Waals surface area (Å²) in [6.45, 7) is 2.01. The van der Waals surface area contributed by atoms with Gasteiger partial charge in [-0.15, -0.1) is 5.10 Å². The molecule has 0 saturated carbocycles. The van der Waals surface area contributed by atoms with Gasteiger partial charge in [-0.1, -0.05) is 25.1 Å². The number of aryl methyl sites for hydroxylation is 1. The van der Waals surface area contributed by atoms with Gasteiger partial charge in [0.25, 0.3) is 16.0 Å². The van der Waals surface area contributed by atoms with Crippen molar-refractivity contribution in [3.8, 4) is 5.82 Å². The Labute approximate surface area is 134 Å². The van der Waals surface area contributed by atoms with Crippen molar-refractivity contribution in [1.29, 1.82) is 0 Å². The number of pyridine rings is 1. The Kier molecular flexibility index (Phi) is 4.07. The second kappa shape index (κ2) is 6.17. The molecule has 8 heteroatoms. The molecular weight excluding hydrogens is 314 g/mol. The number of nitrogens with zero attached hydrogens (tertiary/aromatic N) is 4. The van der Waals surface area contributed by atoms with Gasteiger partial charge in [0.05, 0.1) is 4.90 Å². The predicted octanol–water partition coefficient (Wildman–Crippen LogP) is 2.03. The number of rotatable bonds is 5. The van der Waals surface area contributed by atoms with Crippen molar-refractivity contribution in [2.24, 2.45) is 0 Å². The second-order valence-corrected chi connectivity index (χ2v) is 6.49. The topological polar surface area (TPSA) is 89.8 Å². The summed E-state index contributed by atoms with van der Waals surface area (Å²) in [5.41, 5.74) is 1.07. The smallest absolute Gasteiger partial charge is 0.246 e. The van der Waals surface area contributed by atoms with Crippen LogP contribution in [0.15, 0.2) is 59.9 Å². The third-order valence-electron chi connectivity index (χ3n) is 3.24. The molecule has 0 amide bonds. The third kappa shape index (κ3) is 3.37. The van der Waals surface area contributed by atoms with E-state index in [1.807, 2.05) is 13.0 Å². The van der Waals surface area contributed by atoms with Crippen LogP contribution in [0.25, 0.3) is 5.82 Å². The van der Waals surface area contributed by atoms with E-state index in [0.717, 1.165) is 12.0 Å². The first-order valence-corrected chi connectivity index (χ1v) is 8.51. The largest absolute Gasteiger partial charge is 0.264 e. The molecule has 7 nitrogen and oxygen atoms in total. The number of anilines is 1. The fourth-order valence-corrected chi connectivity index (χ4v) is 2.94. The maximum absolute atomic E-state index is 12.3. The van der Waals surface area contributed by atoms with Gasteiger partial charge in [-0.05, 0) is 36.2 Å². The fourth-order valence-electron chi connectivity index (χ4n) is 1.99. The van der Waals surface area contributed by atoms with Gasteiger partial charge in [0.15, 0.2) is 5.82 Å². The molecule has 2 aromatic heterocycles. The van der Waals surface area contributed by atoms with Crippen LogP contribution in [0.2, 0.25) is 0 Å². The van der Waals surface area contributed by atoms with E-state index in [0.29, 0.717) is 5.82 Å². The number of hydrogen-bond donors (Lipinski definition) is 1. The van der Waals surface area contributed by atoms with Crippen LogP contribution >= 0.6 is 0 Å². The van der Waals surface area contributed by atoms with Crippen LogP contribution in [0.4, 0.5) is 5.95 Å². The Morgan fingerprint density at radius 2 is 1.87 bits per heavy atom. The molecule has 1 aromatic carbocycles. The molecule has 3 rings (SSSR count). The van der Waals surface area contributed by atoms with Gasteiger partial charge in [-0.2, -0.15) is 4.98 Å². The number of benzene rings is 1. The van der Waals surface area contributed by atoms with Gasteiger partial charge >= 0.3 is 0 Å². The molecule has 0 aliphatic rings. The van der Waals surface area contributed by atoms with E-state index in [1.165, 1.54) is 11.0 Å². The summed E-state index contributed by atoms with van der Waals surface area (Å²) >= 11 is 0. The molecular formula is C15H15N5O2S. The molecule has 2 heterocycles. The quantitative estimate of drug-likeness (QED) is 0.773. The standard InChI is InChI=1S/C15H15N5O2S/c1-2-12-6-8-13(9-7-12)23(21,22)19-15-17-11-20(18-15)14-5-3-4-10-16-14/h3-11H,2H2,1H3,(H,18,19). The van der Waals surface area contributed by atoms with Crippen molar-refractivity contribution >= 4 is 16.0 Å². The van der Waals surface area contributed by atoms with E-state index < -0.39 is 10.0 Å². The first-order chi connectivity index (χ1) is 11.1. The molecule has 0 atom stereocenters. The summed E-state index contributed by atoms with van der Waals surface area (Å²) in [7, 11) is -3.72. The van der Waals surface area contributed by atoms with E-state index >= 15 is 0 Å². The average Bonchev–Trinajstić information content (AvgIpc) is 3.03. The van der Waals surface area contributed by atoms with E-state index in [4.69, 9.17) is 0 Å². The van der Waals surface area contributed by atoms with Crippen molar-refractivity contribution in [3.63, 3.8) is 0 Å². The molecule has 3 aromatic rings. The maximum Gasteiger partial charge on any atom is 0.264 e. The molecule has 118 valence electrons. The zero-order valence-corrected chi connectivity index (χ0v) is 13.2. The minimum absolute atomic E-state index is 0.00442. The molecule has 0 aliphatic carbocycles. The predicted molar refractivity (Wildman–Crippen MR) is 85.8 cm³/mol. The van der Waals surface area contributed by atoms with Gasteiger partial charge in [-0.3, -0.25) is 0 Å². The van der Waals surface area contributed by atoms with Crippen molar-refractivity contribution < 1.29 is 8.42 Å². The molecule has 0 saturated heterocycles. The van der Waals surface area contributed by atoms with Gasteiger partial charge in [0, 0.05) is 6.20 Å². The van der Waals surface area contributed by atoms with Crippen LogP contribution < -0.4 is 4.72 Å². The first kappa shape index (κ1) is 15.2. The van der Waals surface area contributed by atoms with Gasteiger partial charge < -0.3 is 0 Å². The Balaban J connectivity index is 1.82. The number of hydrogen-bond acceptors (Lipinski definition) is 5. The normalized spacial score (nSPS) is 11.3. The zero-order chi connectivity index (χ0) is 16.3. The van der Waals surface area contributed by atoms with Crippen molar-refractivity contribution in [2.45, 2.75) is 18.2 Å². The van der Waals surface area contributed by atoms with Gasteiger partial charge in [-0.25, -0.2) is 22.8 Å². The molecule has 0 radical (unpaired) electrons. The summed E-state index contributed by atoms with van der Waals surface area (Å²) in [6.07, 6.45) is 3.88. The summed E-state index contributed by atoms with van der Waals surface area (Å²) in [6, 6.07) is 12.0. The van der Waals surface area contributed by atoms with Crippen LogP contribution in [0.1, 0.15) is 12.5 Å². The number of aromatic nitrogens is 4. The highest BCUT2D eigenvalue weighted by Gasteiger charge is 2.16. The van der Waals surface area contributed by atoms with E-state index in [-0.39, 0.29) is 10.8 Å². The summed E-state index contributed by atoms with van der Waals surface area (Å²) < 4.78 is 28.4. The van der Waals surface area contributed by atoms with Crippen LogP contribution in [-0.4, -0.2) is 28.2 Å². The molecule has 1 N–H and O–H groups in total. The Hall–Kier alpha value is -2.74. The molecule has 0 spiro atoms.